The van der Waals surface area contributed by atoms with Crippen molar-refractivity contribution in [2.24, 2.45) is 0 Å². The summed E-state index contributed by atoms with van der Waals surface area (Å²) in [4.78, 5) is 24.6. The molecule has 0 atom stereocenters. The molecule has 0 saturated carbocycles. The Morgan fingerprint density at radius 3 is 2.36 bits per heavy atom. The normalized spacial score (nSPS) is 10.8. The van der Waals surface area contributed by atoms with Crippen LogP contribution in [-0.4, -0.2) is 28.3 Å². The Bertz CT molecular complexity index is 1030. The number of benzene rings is 1. The summed E-state index contributed by atoms with van der Waals surface area (Å²) in [5.41, 5.74) is 4.07. The summed E-state index contributed by atoms with van der Waals surface area (Å²) in [6.07, 6.45) is 0. The van der Waals surface area contributed by atoms with Gasteiger partial charge in [-0.05, 0) is 46.8 Å². The Labute approximate surface area is 163 Å². The molecule has 7 nitrogen and oxygen atoms in total. The van der Waals surface area contributed by atoms with Gasteiger partial charge in [0.25, 0.3) is 5.91 Å². The number of hydrogen-bond donors (Lipinski definition) is 1. The number of ether oxygens (including phenoxy) is 1. The number of carbonyl (C=O) groups is 2. The lowest BCUT2D eigenvalue weighted by Gasteiger charge is -2.08. The molecule has 0 aliphatic heterocycles. The van der Waals surface area contributed by atoms with E-state index in [2.05, 4.69) is 10.4 Å². The van der Waals surface area contributed by atoms with Crippen LogP contribution in [0.2, 0.25) is 0 Å². The van der Waals surface area contributed by atoms with E-state index in [0.717, 1.165) is 16.9 Å². The first-order valence-electron chi connectivity index (χ1n) is 8.94. The zero-order valence-electron chi connectivity index (χ0n) is 16.6. The van der Waals surface area contributed by atoms with Crippen LogP contribution in [0.15, 0.2) is 34.7 Å². The number of aromatic nitrogens is 2. The highest BCUT2D eigenvalue weighted by Crippen LogP contribution is 2.23. The van der Waals surface area contributed by atoms with Gasteiger partial charge in [-0.15, -0.1) is 0 Å². The fourth-order valence-corrected chi connectivity index (χ4v) is 3.12. The van der Waals surface area contributed by atoms with E-state index in [1.54, 1.807) is 25.5 Å². The van der Waals surface area contributed by atoms with Crippen molar-refractivity contribution in [3.05, 3.63) is 64.4 Å². The molecule has 0 unspecified atom stereocenters. The molecular weight excluding hydrogens is 358 g/mol. The van der Waals surface area contributed by atoms with Gasteiger partial charge in [-0.2, -0.15) is 5.10 Å². The van der Waals surface area contributed by atoms with Crippen molar-refractivity contribution in [2.45, 2.75) is 34.6 Å². The second-order valence-corrected chi connectivity index (χ2v) is 6.63. The summed E-state index contributed by atoms with van der Waals surface area (Å²) >= 11 is 0. The average molecular weight is 381 g/mol. The third-order valence-corrected chi connectivity index (χ3v) is 4.66. The fourth-order valence-electron chi connectivity index (χ4n) is 3.12. The number of furan rings is 1. The number of carbonyl (C=O) groups excluding carboxylic acids is 2. The monoisotopic (exact) mass is 381 g/mol. The first kappa shape index (κ1) is 19.4. The Morgan fingerprint density at radius 1 is 1.07 bits per heavy atom. The molecule has 0 saturated heterocycles. The molecule has 1 N–H and O–H groups in total. The Kier molecular flexibility index (Phi) is 5.35. The van der Waals surface area contributed by atoms with Crippen molar-refractivity contribution >= 4 is 17.6 Å². The van der Waals surface area contributed by atoms with E-state index >= 15 is 0 Å². The van der Waals surface area contributed by atoms with Crippen LogP contribution in [0.3, 0.4) is 0 Å². The van der Waals surface area contributed by atoms with E-state index < -0.39 is 18.5 Å². The summed E-state index contributed by atoms with van der Waals surface area (Å²) in [7, 11) is 0. The highest BCUT2D eigenvalue weighted by atomic mass is 16.5. The highest BCUT2D eigenvalue weighted by Gasteiger charge is 2.21. The van der Waals surface area contributed by atoms with Gasteiger partial charge in [-0.3, -0.25) is 4.79 Å². The van der Waals surface area contributed by atoms with Gasteiger partial charge >= 0.3 is 5.97 Å². The molecule has 0 spiro atoms. The Balaban J connectivity index is 1.69. The van der Waals surface area contributed by atoms with E-state index in [0.29, 0.717) is 28.5 Å². The molecule has 3 rings (SSSR count). The summed E-state index contributed by atoms with van der Waals surface area (Å²) in [5, 5.41) is 7.27. The first-order valence-corrected chi connectivity index (χ1v) is 8.94. The lowest BCUT2D eigenvalue weighted by atomic mass is 10.1. The van der Waals surface area contributed by atoms with E-state index in [9.17, 15) is 9.59 Å². The van der Waals surface area contributed by atoms with Gasteiger partial charge in [-0.1, -0.05) is 18.2 Å². The smallest absolute Gasteiger partial charge is 0.342 e. The maximum atomic E-state index is 12.3. The second kappa shape index (κ2) is 7.72. The zero-order valence-corrected chi connectivity index (χ0v) is 16.6. The number of para-hydroxylation sites is 1. The summed E-state index contributed by atoms with van der Waals surface area (Å²) < 4.78 is 12.4. The van der Waals surface area contributed by atoms with E-state index in [-0.39, 0.29) is 0 Å². The summed E-state index contributed by atoms with van der Waals surface area (Å²) in [6, 6.07) is 9.64. The van der Waals surface area contributed by atoms with Crippen LogP contribution >= 0.6 is 0 Å². The molecule has 146 valence electrons. The van der Waals surface area contributed by atoms with Gasteiger partial charge in [0, 0.05) is 5.56 Å². The van der Waals surface area contributed by atoms with Gasteiger partial charge in [0.2, 0.25) is 0 Å². The van der Waals surface area contributed by atoms with Crippen molar-refractivity contribution in [3.63, 3.8) is 0 Å². The largest absolute Gasteiger partial charge is 0.465 e. The van der Waals surface area contributed by atoms with Gasteiger partial charge in [0.05, 0.1) is 22.8 Å². The van der Waals surface area contributed by atoms with E-state index in [1.165, 1.54) is 0 Å². The predicted octanol–water partition coefficient (Wildman–Crippen LogP) is 3.80. The lowest BCUT2D eigenvalue weighted by molar-refractivity contribution is -0.119. The standard InChI is InChI=1S/C21H23N3O4/c1-12-15(4)28-16(5)19(12)21(26)27-11-18(25)22-20-13(2)23-24(14(20)3)17-9-7-6-8-10-17/h6-10H,11H2,1-5H3,(H,22,25). The number of rotatable bonds is 5. The van der Waals surface area contributed by atoms with E-state index in [1.807, 2.05) is 44.2 Å². The Hall–Kier alpha value is -3.35. The molecule has 0 radical (unpaired) electrons. The Morgan fingerprint density at radius 2 is 1.75 bits per heavy atom. The SMILES string of the molecule is Cc1nn(-c2ccccc2)c(C)c1NC(=O)COC(=O)c1c(C)oc(C)c1C. The third-order valence-electron chi connectivity index (χ3n) is 4.66. The number of amides is 1. The molecule has 2 heterocycles. The summed E-state index contributed by atoms with van der Waals surface area (Å²) in [5.74, 6) is 0.142. The van der Waals surface area contributed by atoms with Crippen LogP contribution in [-0.2, 0) is 9.53 Å². The molecule has 3 aromatic rings. The minimum Gasteiger partial charge on any atom is -0.465 e. The van der Waals surface area contributed by atoms with Crippen molar-refractivity contribution in [3.8, 4) is 5.69 Å². The van der Waals surface area contributed by atoms with Crippen LogP contribution in [0.5, 0.6) is 0 Å². The molecule has 2 aromatic heterocycles. The molecule has 0 aliphatic carbocycles. The van der Waals surface area contributed by atoms with Gasteiger partial charge in [-0.25, -0.2) is 9.48 Å². The maximum Gasteiger partial charge on any atom is 0.342 e. The van der Waals surface area contributed by atoms with Crippen molar-refractivity contribution in [2.75, 3.05) is 11.9 Å². The van der Waals surface area contributed by atoms with Crippen LogP contribution in [0.4, 0.5) is 5.69 Å². The number of nitrogens with one attached hydrogen (secondary N) is 1. The second-order valence-electron chi connectivity index (χ2n) is 6.63. The van der Waals surface area contributed by atoms with Crippen LogP contribution in [0.1, 0.15) is 38.8 Å². The van der Waals surface area contributed by atoms with Crippen molar-refractivity contribution < 1.29 is 18.7 Å². The first-order chi connectivity index (χ1) is 13.3. The predicted molar refractivity (Wildman–Crippen MR) is 105 cm³/mol. The number of aryl methyl sites for hydroxylation is 3. The van der Waals surface area contributed by atoms with Crippen LogP contribution in [0, 0.1) is 34.6 Å². The molecule has 0 fully saturated rings. The zero-order chi connectivity index (χ0) is 20.4. The minimum atomic E-state index is -0.574. The maximum absolute atomic E-state index is 12.3. The lowest BCUT2D eigenvalue weighted by Crippen LogP contribution is -2.22. The molecule has 28 heavy (non-hydrogen) atoms. The van der Waals surface area contributed by atoms with Crippen molar-refractivity contribution in [1.82, 2.24) is 9.78 Å². The van der Waals surface area contributed by atoms with Gasteiger partial charge in [0.15, 0.2) is 6.61 Å². The van der Waals surface area contributed by atoms with Crippen molar-refractivity contribution in [1.29, 1.82) is 0 Å². The molecule has 0 aliphatic rings. The topological polar surface area (TPSA) is 86.4 Å². The fraction of sp³-hybridized carbons (Fsp3) is 0.286. The van der Waals surface area contributed by atoms with Crippen LogP contribution < -0.4 is 5.32 Å². The number of anilines is 1. The number of esters is 1. The quantitative estimate of drug-likeness (QED) is 0.679. The molecular formula is C21H23N3O4. The molecule has 1 amide bonds. The minimum absolute atomic E-state index is 0.370. The van der Waals surface area contributed by atoms with Gasteiger partial charge < -0.3 is 14.5 Å². The van der Waals surface area contributed by atoms with E-state index in [4.69, 9.17) is 9.15 Å². The van der Waals surface area contributed by atoms with Gasteiger partial charge in [0.1, 0.15) is 17.1 Å². The average Bonchev–Trinajstić information content (AvgIpc) is 3.09. The third kappa shape index (κ3) is 3.69. The summed E-state index contributed by atoms with van der Waals surface area (Å²) in [6.45, 7) is 8.55. The number of nitrogens with zero attached hydrogens (tertiary/aromatic N) is 2. The molecule has 7 heteroatoms. The number of hydrogen-bond acceptors (Lipinski definition) is 5. The highest BCUT2D eigenvalue weighted by molar-refractivity contribution is 5.97. The molecule has 1 aromatic carbocycles. The van der Waals surface area contributed by atoms with Crippen LogP contribution in [0.25, 0.3) is 5.69 Å². The molecule has 0 bridgehead atoms.